The van der Waals surface area contributed by atoms with E-state index in [1.807, 2.05) is 0 Å². The lowest BCUT2D eigenvalue weighted by Crippen LogP contribution is -2.24. The average molecular weight is 166 g/mol. The Kier molecular flexibility index (Phi) is 2.68. The molecule has 0 saturated carbocycles. The maximum Gasteiger partial charge on any atom is 0.308 e. The fraction of sp³-hybridized carbons (Fsp3) is 1.00. The third-order valence-electron chi connectivity index (χ3n) is 1.39. The van der Waals surface area contributed by atoms with Crippen molar-refractivity contribution in [1.29, 1.82) is 0 Å². The predicted octanol–water partition coefficient (Wildman–Crippen LogP) is -0.371. The van der Waals surface area contributed by atoms with Crippen molar-refractivity contribution >= 4 is 18.3 Å². The Hall–Kier alpha value is 0.127. The maximum atomic E-state index is 10.3. The van der Waals surface area contributed by atoms with E-state index in [0.717, 1.165) is 18.9 Å². The molecular weight excluding hydrogens is 156 g/mol. The molecule has 0 N–H and O–H groups in total. The van der Waals surface area contributed by atoms with Gasteiger partial charge in [0.15, 0.2) is 0 Å². The summed E-state index contributed by atoms with van der Waals surface area (Å²) in [7, 11) is -3.95. The van der Waals surface area contributed by atoms with E-state index in [1.54, 1.807) is 0 Å². The monoisotopic (exact) mass is 166 g/mol. The molecule has 1 saturated heterocycles. The largest absolute Gasteiger partial charge is 0.406 e. The number of hydrogen-bond acceptors (Lipinski definition) is 3. The summed E-state index contributed by atoms with van der Waals surface area (Å²) in [5.74, 6) is 0. The molecule has 54 valence electrons. The van der Waals surface area contributed by atoms with Gasteiger partial charge in [0.1, 0.15) is 10.2 Å². The molecule has 0 amide bonds. The molecule has 1 aliphatic rings. The van der Waals surface area contributed by atoms with Crippen molar-refractivity contribution in [2.45, 2.75) is 18.9 Å². The molecule has 9 heavy (non-hydrogen) atoms. The predicted molar refractivity (Wildman–Crippen MR) is 37.5 cm³/mol. The lowest BCUT2D eigenvalue weighted by Gasteiger charge is -2.14. The molecule has 0 aromatic heterocycles. The van der Waals surface area contributed by atoms with Crippen molar-refractivity contribution in [3.63, 3.8) is 0 Å². The molecule has 1 unspecified atom stereocenters. The van der Waals surface area contributed by atoms with Crippen LogP contribution in [0.3, 0.4) is 0 Å². The Balaban J connectivity index is 2.40. The molecule has 1 aliphatic heterocycles. The highest BCUT2D eigenvalue weighted by Gasteiger charge is 2.18. The second-order valence-corrected chi connectivity index (χ2v) is 7.49. The van der Waals surface area contributed by atoms with Gasteiger partial charge in [-0.05, 0) is 12.5 Å². The van der Waals surface area contributed by atoms with Crippen molar-refractivity contribution < 1.29 is 12.8 Å². The van der Waals surface area contributed by atoms with E-state index in [9.17, 15) is 8.42 Å². The molecule has 1 rings (SSSR count). The topological polar surface area (TPSA) is 43.4 Å². The minimum atomic E-state index is -2.20. The van der Waals surface area contributed by atoms with Gasteiger partial charge in [0.05, 0.1) is 0 Å². The Morgan fingerprint density at radius 1 is 1.33 bits per heavy atom. The van der Waals surface area contributed by atoms with Gasteiger partial charge in [0.25, 0.3) is 0 Å². The number of hydrogen-bond donors (Lipinski definition) is 1. The second kappa shape index (κ2) is 3.33. The van der Waals surface area contributed by atoms with Crippen LogP contribution in [0.15, 0.2) is 0 Å². The summed E-state index contributed by atoms with van der Waals surface area (Å²) in [4.78, 5) is 0. The molecule has 1 fully saturated rings. The van der Waals surface area contributed by atoms with Gasteiger partial charge in [-0.2, -0.15) is 0 Å². The highest BCUT2D eigenvalue weighted by atomic mass is 32.4. The summed E-state index contributed by atoms with van der Waals surface area (Å²) < 4.78 is 25.7. The molecule has 0 radical (unpaired) electrons. The van der Waals surface area contributed by atoms with Gasteiger partial charge in [-0.1, -0.05) is 6.42 Å². The first kappa shape index (κ1) is 7.24. The van der Waals surface area contributed by atoms with Gasteiger partial charge >= 0.3 is 8.19 Å². The lowest BCUT2D eigenvalue weighted by molar-refractivity contribution is 0.298. The van der Waals surface area contributed by atoms with Crippen LogP contribution in [0.1, 0.15) is 12.8 Å². The van der Waals surface area contributed by atoms with E-state index in [2.05, 4.69) is 0 Å². The third-order valence-corrected chi connectivity index (χ3v) is 6.02. The van der Waals surface area contributed by atoms with Crippen LogP contribution < -0.4 is 0 Å². The maximum absolute atomic E-state index is 10.3. The standard InChI is InChI=1S/C4H10O3SSi/c5-8(6)9-4-2-1-3-7-9/h8-9H,1-4H2. The highest BCUT2D eigenvalue weighted by molar-refractivity contribution is 8.02. The summed E-state index contributed by atoms with van der Waals surface area (Å²) in [6, 6.07) is 0.818. The Labute approximate surface area is 57.3 Å². The zero-order valence-electron chi connectivity index (χ0n) is 5.08. The second-order valence-electron chi connectivity index (χ2n) is 2.11. The minimum absolute atomic E-state index is 0.667. The molecule has 3 nitrogen and oxygen atoms in total. The van der Waals surface area contributed by atoms with Gasteiger partial charge in [0, 0.05) is 6.61 Å². The molecule has 0 aliphatic carbocycles. The van der Waals surface area contributed by atoms with Gasteiger partial charge in [-0.15, -0.1) is 0 Å². The first-order chi connectivity index (χ1) is 4.30. The summed E-state index contributed by atoms with van der Waals surface area (Å²) in [5, 5.41) is 0. The molecule has 1 atom stereocenters. The first-order valence-electron chi connectivity index (χ1n) is 3.06. The van der Waals surface area contributed by atoms with Crippen molar-refractivity contribution in [3.8, 4) is 0 Å². The van der Waals surface area contributed by atoms with Crippen molar-refractivity contribution in [2.75, 3.05) is 6.61 Å². The third kappa shape index (κ3) is 2.07. The lowest BCUT2D eigenvalue weighted by atomic mass is 10.4. The molecule has 0 spiro atoms. The van der Waals surface area contributed by atoms with Crippen LogP contribution >= 0.6 is 0 Å². The van der Waals surface area contributed by atoms with E-state index >= 15 is 0 Å². The quantitative estimate of drug-likeness (QED) is 0.427. The smallest absolute Gasteiger partial charge is 0.308 e. The van der Waals surface area contributed by atoms with E-state index in [1.165, 1.54) is 0 Å². The summed E-state index contributed by atoms with van der Waals surface area (Å²) in [6.45, 7) is 0.667. The molecule has 1 heterocycles. The molecule has 0 bridgehead atoms. The minimum Gasteiger partial charge on any atom is -0.406 e. The average Bonchev–Trinajstić information content (AvgIpc) is 1.90. The van der Waals surface area contributed by atoms with Gasteiger partial charge in [0.2, 0.25) is 0 Å². The van der Waals surface area contributed by atoms with Crippen LogP contribution in [0.2, 0.25) is 6.04 Å². The summed E-state index contributed by atoms with van der Waals surface area (Å²) in [5.41, 5.74) is 0. The van der Waals surface area contributed by atoms with E-state index < -0.39 is 18.3 Å². The Bertz CT molecular complexity index is 142. The molecule has 0 aromatic carbocycles. The van der Waals surface area contributed by atoms with Crippen LogP contribution in [0.4, 0.5) is 0 Å². The SMILES string of the molecule is O=[SH](=O)[SiH]1CCCCO1. The fourth-order valence-electron chi connectivity index (χ4n) is 0.890. The van der Waals surface area contributed by atoms with E-state index in [4.69, 9.17) is 4.43 Å². The van der Waals surface area contributed by atoms with Crippen LogP contribution in [0.25, 0.3) is 0 Å². The summed E-state index contributed by atoms with van der Waals surface area (Å²) in [6.07, 6.45) is 2.08. The van der Waals surface area contributed by atoms with Crippen molar-refractivity contribution in [2.24, 2.45) is 0 Å². The fourth-order valence-corrected chi connectivity index (χ4v) is 4.33. The molecule has 0 aromatic rings. The van der Waals surface area contributed by atoms with E-state index in [0.29, 0.717) is 6.61 Å². The van der Waals surface area contributed by atoms with Crippen LogP contribution in [-0.4, -0.2) is 23.2 Å². The zero-order valence-corrected chi connectivity index (χ0v) is 7.13. The number of thiol groups is 1. The zero-order chi connectivity index (χ0) is 6.69. The molecular formula is C4H10O3SSi. The Morgan fingerprint density at radius 2 is 2.11 bits per heavy atom. The normalized spacial score (nSPS) is 28.8. The van der Waals surface area contributed by atoms with Gasteiger partial charge in [-0.25, -0.2) is 8.42 Å². The van der Waals surface area contributed by atoms with Crippen molar-refractivity contribution in [3.05, 3.63) is 0 Å². The first-order valence-corrected chi connectivity index (χ1v) is 7.14. The number of rotatable bonds is 1. The van der Waals surface area contributed by atoms with Crippen LogP contribution in [0, 0.1) is 0 Å². The van der Waals surface area contributed by atoms with Gasteiger partial charge < -0.3 is 4.43 Å². The Morgan fingerprint density at radius 3 is 2.44 bits per heavy atom. The highest BCUT2D eigenvalue weighted by Crippen LogP contribution is 2.10. The van der Waals surface area contributed by atoms with E-state index in [-0.39, 0.29) is 0 Å². The van der Waals surface area contributed by atoms with Crippen molar-refractivity contribution in [1.82, 2.24) is 0 Å². The summed E-state index contributed by atoms with van der Waals surface area (Å²) >= 11 is 0. The van der Waals surface area contributed by atoms with Crippen LogP contribution in [0.5, 0.6) is 0 Å². The molecule has 5 heteroatoms. The van der Waals surface area contributed by atoms with Crippen LogP contribution in [-0.2, 0) is 14.6 Å². The van der Waals surface area contributed by atoms with Gasteiger partial charge in [-0.3, -0.25) is 0 Å².